The summed E-state index contributed by atoms with van der Waals surface area (Å²) in [6, 6.07) is 0. The molecule has 0 heterocycles. The van der Waals surface area contributed by atoms with Crippen LogP contribution in [-0.2, 0) is 65.4 Å². The molecule has 0 fully saturated rings. The molecule has 5 unspecified atom stereocenters. The molecule has 5 atom stereocenters. The van der Waals surface area contributed by atoms with Crippen molar-refractivity contribution in [1.29, 1.82) is 0 Å². The minimum atomic E-state index is -5.02. The number of aliphatic hydroxyl groups is 1. The Morgan fingerprint density at radius 2 is 0.509 bits per heavy atom. The number of ether oxygens (including phenoxy) is 4. The van der Waals surface area contributed by atoms with Gasteiger partial charge in [0.25, 0.3) is 0 Å². The first kappa shape index (κ1) is 102. The van der Waals surface area contributed by atoms with E-state index in [1.54, 1.807) is 0 Å². The van der Waals surface area contributed by atoms with Crippen LogP contribution >= 0.6 is 15.6 Å². The molecule has 0 aliphatic rings. The van der Waals surface area contributed by atoms with Gasteiger partial charge in [-0.2, -0.15) is 0 Å². The van der Waals surface area contributed by atoms with Crippen LogP contribution in [0.5, 0.6) is 0 Å². The van der Waals surface area contributed by atoms with E-state index in [0.717, 1.165) is 180 Å². The van der Waals surface area contributed by atoms with E-state index in [1.807, 2.05) is 18.2 Å². The van der Waals surface area contributed by atoms with Gasteiger partial charge in [0, 0.05) is 25.7 Å². The standard InChI is InChI=1S/C89H144O17P2/c1-5-9-13-17-21-25-29-32-35-38-41-44-47-50-54-57-61-65-69-73-86(91)99-79-84(105-88(93)75-71-67-63-59-53-28-24-20-16-12-8-4)81-103-107(95,96)101-77-83(90)78-102-108(97,98)104-82-85(106-89(94)76-72-68-64-60-56-52-49-46-43-40-37-34-31-27-23-19-15-11-7-3)80-100-87(92)74-70-66-62-58-55-51-48-45-42-39-36-33-30-26-22-18-14-10-6-2/h10-11,14-15,20-27,32-37,41-46,51-52,55-56,62,66,83-85,90H,5-9,12-13,16-19,28-31,38-40,47-50,53-54,57-61,63-65,67-82H2,1-4H3,(H,95,96)(H,97,98)/b14-10-,15-11-,24-20-,25-21-,26-22-,27-23-,35-32-,36-33-,37-34-,44-41-,45-42-,46-43-,55-51-,56-52-,66-62-. The Labute approximate surface area is 654 Å². The van der Waals surface area contributed by atoms with Crippen LogP contribution in [0, 0.1) is 0 Å². The summed E-state index contributed by atoms with van der Waals surface area (Å²) in [7, 11) is -10.0. The van der Waals surface area contributed by atoms with E-state index in [2.05, 4.69) is 192 Å². The summed E-state index contributed by atoms with van der Waals surface area (Å²) in [5.41, 5.74) is 0. The molecule has 0 saturated carbocycles. The van der Waals surface area contributed by atoms with Crippen LogP contribution in [0.4, 0.5) is 0 Å². The number of hydrogen-bond acceptors (Lipinski definition) is 15. The maximum atomic E-state index is 13.1. The predicted octanol–water partition coefficient (Wildman–Crippen LogP) is 24.3. The van der Waals surface area contributed by atoms with Crippen molar-refractivity contribution in [3.05, 3.63) is 182 Å². The van der Waals surface area contributed by atoms with Crippen molar-refractivity contribution in [2.45, 2.75) is 316 Å². The third-order valence-corrected chi connectivity index (χ3v) is 18.2. The van der Waals surface area contributed by atoms with Crippen molar-refractivity contribution in [3.63, 3.8) is 0 Å². The van der Waals surface area contributed by atoms with E-state index in [0.29, 0.717) is 32.1 Å². The van der Waals surface area contributed by atoms with Gasteiger partial charge in [-0.05, 0) is 167 Å². The van der Waals surface area contributed by atoms with Crippen LogP contribution < -0.4 is 0 Å². The van der Waals surface area contributed by atoms with Gasteiger partial charge in [-0.15, -0.1) is 0 Å². The third-order valence-electron chi connectivity index (χ3n) is 16.3. The second-order valence-electron chi connectivity index (χ2n) is 26.6. The maximum Gasteiger partial charge on any atom is 0.472 e. The monoisotopic (exact) mass is 1550 g/mol. The average molecular weight is 1550 g/mol. The van der Waals surface area contributed by atoms with Crippen molar-refractivity contribution in [2.75, 3.05) is 39.6 Å². The molecule has 17 nitrogen and oxygen atoms in total. The van der Waals surface area contributed by atoms with Gasteiger partial charge in [-0.1, -0.05) is 287 Å². The first-order valence-electron chi connectivity index (χ1n) is 41.0. The molecule has 612 valence electrons. The van der Waals surface area contributed by atoms with Gasteiger partial charge >= 0.3 is 39.5 Å². The van der Waals surface area contributed by atoms with E-state index in [1.165, 1.54) is 32.1 Å². The average Bonchev–Trinajstić information content (AvgIpc) is 0.917. The number of rotatable bonds is 75. The van der Waals surface area contributed by atoms with E-state index < -0.39 is 97.5 Å². The highest BCUT2D eigenvalue weighted by molar-refractivity contribution is 7.47. The van der Waals surface area contributed by atoms with Crippen LogP contribution in [0.1, 0.15) is 297 Å². The SMILES string of the molecule is CC/C=C\C/C=C\C/C=C\C/C=C\C/C=C\C/C=C\CCC(=O)OCC(COP(=O)(O)OCC(O)COP(=O)(O)OCC(COC(=O)CCCCCCCC/C=C\C/C=C\C/C=C\CCCCC)OC(=O)CCCCCCC/C=C\CCCC)OC(=O)CCCCC/C=C\C/C=C\C/C=C\C/C=C\C/C=C\CC. The summed E-state index contributed by atoms with van der Waals surface area (Å²) in [4.78, 5) is 73.1. The van der Waals surface area contributed by atoms with Gasteiger partial charge in [0.2, 0.25) is 0 Å². The number of aliphatic hydroxyl groups excluding tert-OH is 1. The number of hydrogen-bond donors (Lipinski definition) is 3. The highest BCUT2D eigenvalue weighted by Crippen LogP contribution is 2.45. The molecule has 0 aromatic heterocycles. The zero-order chi connectivity index (χ0) is 78.9. The summed E-state index contributed by atoms with van der Waals surface area (Å²) in [6.45, 7) is 4.42. The maximum absolute atomic E-state index is 13.1. The fraction of sp³-hybridized carbons (Fsp3) is 0.618. The van der Waals surface area contributed by atoms with Gasteiger partial charge in [-0.3, -0.25) is 37.3 Å². The molecule has 0 saturated heterocycles. The molecule has 0 bridgehead atoms. The Kier molecular flexibility index (Phi) is 75.0. The second-order valence-corrected chi connectivity index (χ2v) is 29.5. The normalized spacial score (nSPS) is 14.8. The van der Waals surface area contributed by atoms with E-state index in [4.69, 9.17) is 37.0 Å². The Morgan fingerprint density at radius 1 is 0.269 bits per heavy atom. The topological polar surface area (TPSA) is 237 Å². The van der Waals surface area contributed by atoms with Crippen molar-refractivity contribution < 1.29 is 80.2 Å². The summed E-state index contributed by atoms with van der Waals surface area (Å²) in [5.74, 6) is -2.35. The van der Waals surface area contributed by atoms with Crippen LogP contribution in [0.25, 0.3) is 0 Å². The van der Waals surface area contributed by atoms with Gasteiger partial charge in [-0.25, -0.2) is 9.13 Å². The Bertz CT molecular complexity index is 2760. The number of esters is 4. The lowest BCUT2D eigenvalue weighted by molar-refractivity contribution is -0.161. The van der Waals surface area contributed by atoms with Crippen LogP contribution in [0.3, 0.4) is 0 Å². The molecule has 0 amide bonds. The molecule has 0 aromatic carbocycles. The third kappa shape index (κ3) is 78.3. The molecule has 0 rings (SSSR count). The first-order chi connectivity index (χ1) is 52.7. The summed E-state index contributed by atoms with van der Waals surface area (Å²) >= 11 is 0. The Morgan fingerprint density at radius 3 is 0.843 bits per heavy atom. The van der Waals surface area contributed by atoms with Crippen LogP contribution in [0.15, 0.2) is 182 Å². The molecule has 3 N–H and O–H groups in total. The quantitative estimate of drug-likeness (QED) is 0.0169. The number of unbranched alkanes of at least 4 members (excludes halogenated alkanes) is 19. The number of carbonyl (C=O) groups is 4. The lowest BCUT2D eigenvalue weighted by Crippen LogP contribution is -2.30. The minimum Gasteiger partial charge on any atom is -0.462 e. The van der Waals surface area contributed by atoms with Gasteiger partial charge in [0.15, 0.2) is 12.2 Å². The smallest absolute Gasteiger partial charge is 0.462 e. The zero-order valence-corrected chi connectivity index (χ0v) is 68.7. The van der Waals surface area contributed by atoms with E-state index in [9.17, 15) is 43.2 Å². The van der Waals surface area contributed by atoms with Crippen molar-refractivity contribution >= 4 is 39.5 Å². The summed E-state index contributed by atoms with van der Waals surface area (Å²) in [5, 5.41) is 10.6. The number of allylic oxidation sites excluding steroid dienone is 30. The first-order valence-corrected chi connectivity index (χ1v) is 44.0. The van der Waals surface area contributed by atoms with Crippen molar-refractivity contribution in [1.82, 2.24) is 0 Å². The molecule has 0 aliphatic carbocycles. The molecule has 0 radical (unpaired) electrons. The lowest BCUT2D eigenvalue weighted by atomic mass is 10.1. The molecular formula is C89H144O17P2. The minimum absolute atomic E-state index is 0.0212. The van der Waals surface area contributed by atoms with Gasteiger partial charge in [0.05, 0.1) is 26.4 Å². The zero-order valence-electron chi connectivity index (χ0n) is 66.9. The van der Waals surface area contributed by atoms with E-state index >= 15 is 0 Å². The summed E-state index contributed by atoms with van der Waals surface area (Å²) < 4.78 is 68.5. The largest absolute Gasteiger partial charge is 0.472 e. The number of carbonyl (C=O) groups excluding carboxylic acids is 4. The predicted molar refractivity (Wildman–Crippen MR) is 445 cm³/mol. The molecule has 0 spiro atoms. The number of phosphoric ester groups is 2. The lowest BCUT2D eigenvalue weighted by Gasteiger charge is -2.21. The Hall–Kier alpha value is -5.84. The van der Waals surface area contributed by atoms with Gasteiger partial charge < -0.3 is 33.8 Å². The highest BCUT2D eigenvalue weighted by atomic mass is 31.2. The van der Waals surface area contributed by atoms with Crippen LogP contribution in [-0.4, -0.2) is 96.7 Å². The molecule has 19 heteroatoms. The fourth-order valence-corrected chi connectivity index (χ4v) is 11.7. The van der Waals surface area contributed by atoms with Crippen molar-refractivity contribution in [2.24, 2.45) is 0 Å². The second kappa shape index (κ2) is 79.3. The molecule has 108 heavy (non-hydrogen) atoms. The molecule has 0 aromatic rings. The fourth-order valence-electron chi connectivity index (χ4n) is 10.1. The Balaban J connectivity index is 5.47. The van der Waals surface area contributed by atoms with Crippen molar-refractivity contribution in [3.8, 4) is 0 Å². The van der Waals surface area contributed by atoms with E-state index in [-0.39, 0.29) is 25.7 Å². The molecule has 0 aliphatic heterocycles. The highest BCUT2D eigenvalue weighted by Gasteiger charge is 2.30. The molecular weight excluding hydrogens is 1400 g/mol. The van der Waals surface area contributed by atoms with Gasteiger partial charge in [0.1, 0.15) is 19.3 Å². The number of phosphoric acid groups is 2. The van der Waals surface area contributed by atoms with Crippen LogP contribution in [0.2, 0.25) is 0 Å². The summed E-state index contributed by atoms with van der Waals surface area (Å²) in [6.07, 6.45) is 96.0.